The molecule has 2 aromatic heterocycles. The van der Waals surface area contributed by atoms with Gasteiger partial charge in [-0.3, -0.25) is 4.57 Å². The summed E-state index contributed by atoms with van der Waals surface area (Å²) in [5.41, 5.74) is 6.54. The van der Waals surface area contributed by atoms with E-state index in [2.05, 4.69) is 20.3 Å². The Kier molecular flexibility index (Phi) is 4.07. The third kappa shape index (κ3) is 3.35. The SMILES string of the molecule is Nc1nc(NCP(=O)(O)O)c2ncn(C3C=CC(CO)C3)c2n1. The molecule has 10 nitrogen and oxygen atoms in total. The maximum Gasteiger partial charge on any atom is 0.344 e. The van der Waals surface area contributed by atoms with Crippen LogP contribution in [0.25, 0.3) is 11.2 Å². The Bertz CT molecular complexity index is 800. The van der Waals surface area contributed by atoms with Crippen molar-refractivity contribution in [2.45, 2.75) is 12.5 Å². The molecule has 6 N–H and O–H groups in total. The summed E-state index contributed by atoms with van der Waals surface area (Å²) in [6, 6.07) is -0.0129. The lowest BCUT2D eigenvalue weighted by atomic mass is 10.1. The fourth-order valence-electron chi connectivity index (χ4n) is 2.57. The summed E-state index contributed by atoms with van der Waals surface area (Å²) in [6.45, 7) is 0.0752. The molecule has 11 heteroatoms. The van der Waals surface area contributed by atoms with Crippen molar-refractivity contribution >= 4 is 30.5 Å². The maximum absolute atomic E-state index is 11.0. The lowest BCUT2D eigenvalue weighted by Gasteiger charge is -2.13. The first-order valence-electron chi connectivity index (χ1n) is 6.95. The second kappa shape index (κ2) is 5.89. The topological polar surface area (TPSA) is 159 Å². The second-order valence-corrected chi connectivity index (χ2v) is 7.03. The van der Waals surface area contributed by atoms with Crippen LogP contribution in [0.4, 0.5) is 11.8 Å². The van der Waals surface area contributed by atoms with Crippen LogP contribution >= 0.6 is 7.60 Å². The Labute approximate surface area is 131 Å². The number of hydrogen-bond acceptors (Lipinski definition) is 7. The highest BCUT2D eigenvalue weighted by molar-refractivity contribution is 7.51. The quantitative estimate of drug-likeness (QED) is 0.375. The third-order valence-electron chi connectivity index (χ3n) is 3.63. The summed E-state index contributed by atoms with van der Waals surface area (Å²) in [7, 11) is -4.24. The zero-order valence-corrected chi connectivity index (χ0v) is 13.0. The van der Waals surface area contributed by atoms with Gasteiger partial charge in [-0.2, -0.15) is 9.97 Å². The molecule has 0 spiro atoms. The van der Waals surface area contributed by atoms with Gasteiger partial charge >= 0.3 is 7.60 Å². The first-order chi connectivity index (χ1) is 10.9. The molecule has 124 valence electrons. The average Bonchev–Trinajstić information content (AvgIpc) is 3.09. The van der Waals surface area contributed by atoms with Gasteiger partial charge in [-0.15, -0.1) is 0 Å². The van der Waals surface area contributed by atoms with E-state index in [1.807, 2.05) is 16.7 Å². The molecule has 0 radical (unpaired) electrons. The minimum Gasteiger partial charge on any atom is -0.396 e. The van der Waals surface area contributed by atoms with Crippen LogP contribution in [0.2, 0.25) is 0 Å². The van der Waals surface area contributed by atoms with E-state index in [1.165, 1.54) is 0 Å². The molecule has 0 aliphatic heterocycles. The molecule has 1 aliphatic rings. The first kappa shape index (κ1) is 15.9. The van der Waals surface area contributed by atoms with E-state index in [0.717, 1.165) is 6.42 Å². The Morgan fingerprint density at radius 1 is 1.39 bits per heavy atom. The molecule has 2 unspecified atom stereocenters. The van der Waals surface area contributed by atoms with Crippen molar-refractivity contribution in [3.05, 3.63) is 18.5 Å². The molecule has 3 rings (SSSR count). The van der Waals surface area contributed by atoms with E-state index in [9.17, 15) is 9.67 Å². The summed E-state index contributed by atoms with van der Waals surface area (Å²) in [5, 5.41) is 11.8. The van der Waals surface area contributed by atoms with Gasteiger partial charge in [0.25, 0.3) is 0 Å². The highest BCUT2D eigenvalue weighted by atomic mass is 31.2. The van der Waals surface area contributed by atoms with Crippen molar-refractivity contribution in [3.8, 4) is 0 Å². The maximum atomic E-state index is 11.0. The van der Waals surface area contributed by atoms with Gasteiger partial charge in [0.2, 0.25) is 5.95 Å². The Morgan fingerprint density at radius 3 is 2.83 bits per heavy atom. The summed E-state index contributed by atoms with van der Waals surface area (Å²) in [6.07, 6.45) is 5.63. The van der Waals surface area contributed by atoms with Crippen LogP contribution < -0.4 is 11.1 Å². The fraction of sp³-hybridized carbons (Fsp3) is 0.417. The Balaban J connectivity index is 1.96. The molecule has 1 aliphatic carbocycles. The van der Waals surface area contributed by atoms with Crippen LogP contribution in [0, 0.1) is 5.92 Å². The normalized spacial score (nSPS) is 21.2. The molecule has 0 fully saturated rings. The smallest absolute Gasteiger partial charge is 0.344 e. The monoisotopic (exact) mass is 340 g/mol. The largest absolute Gasteiger partial charge is 0.396 e. The van der Waals surface area contributed by atoms with Crippen LogP contribution in [0.15, 0.2) is 18.5 Å². The minimum atomic E-state index is -4.24. The second-order valence-electron chi connectivity index (χ2n) is 5.38. The average molecular weight is 340 g/mol. The predicted molar refractivity (Wildman–Crippen MR) is 83.6 cm³/mol. The fourth-order valence-corrected chi connectivity index (χ4v) is 2.93. The summed E-state index contributed by atoms with van der Waals surface area (Å²) in [4.78, 5) is 30.3. The molecule has 2 atom stereocenters. The number of imidazole rings is 1. The van der Waals surface area contributed by atoms with Crippen molar-refractivity contribution in [2.75, 3.05) is 23.9 Å². The van der Waals surface area contributed by atoms with Crippen molar-refractivity contribution in [3.63, 3.8) is 0 Å². The molecular weight excluding hydrogens is 323 g/mol. The van der Waals surface area contributed by atoms with Crippen LogP contribution in [0.1, 0.15) is 12.5 Å². The van der Waals surface area contributed by atoms with E-state index in [-0.39, 0.29) is 30.3 Å². The number of anilines is 2. The minimum absolute atomic E-state index is 0.0129. The molecule has 0 aromatic carbocycles. The highest BCUT2D eigenvalue weighted by Crippen LogP contribution is 2.35. The number of nitrogen functional groups attached to an aromatic ring is 1. The zero-order valence-electron chi connectivity index (χ0n) is 12.1. The Hall–Kier alpha value is -2.00. The zero-order chi connectivity index (χ0) is 16.6. The molecule has 0 amide bonds. The van der Waals surface area contributed by atoms with E-state index in [4.69, 9.17) is 15.5 Å². The standard InChI is InChI=1S/C12H17N6O4P/c13-12-16-10(15-6-23(20,21)22)9-11(17-12)18(5-14-9)8-2-1-7(3-8)4-19/h1-2,5,7-8,19H,3-4,6H2,(H2,20,21,22)(H3,13,15,16,17). The van der Waals surface area contributed by atoms with Gasteiger partial charge in [0.15, 0.2) is 17.0 Å². The van der Waals surface area contributed by atoms with Gasteiger partial charge in [-0.05, 0) is 6.42 Å². The van der Waals surface area contributed by atoms with Gasteiger partial charge in [-0.1, -0.05) is 12.2 Å². The van der Waals surface area contributed by atoms with Crippen LogP contribution in [-0.4, -0.2) is 47.3 Å². The van der Waals surface area contributed by atoms with Crippen molar-refractivity contribution in [1.82, 2.24) is 19.5 Å². The van der Waals surface area contributed by atoms with E-state index < -0.39 is 13.9 Å². The van der Waals surface area contributed by atoms with Gasteiger partial charge in [0.1, 0.15) is 6.29 Å². The number of allylic oxidation sites excluding steroid dienone is 1. The van der Waals surface area contributed by atoms with E-state index in [0.29, 0.717) is 11.2 Å². The van der Waals surface area contributed by atoms with Crippen molar-refractivity contribution < 1.29 is 19.5 Å². The first-order valence-corrected chi connectivity index (χ1v) is 8.75. The van der Waals surface area contributed by atoms with Crippen LogP contribution in [0.3, 0.4) is 0 Å². The van der Waals surface area contributed by atoms with Gasteiger partial charge in [-0.25, -0.2) is 4.98 Å². The van der Waals surface area contributed by atoms with Crippen molar-refractivity contribution in [2.24, 2.45) is 5.92 Å². The summed E-state index contributed by atoms with van der Waals surface area (Å²) >= 11 is 0. The predicted octanol–water partition coefficient (Wildman–Crippen LogP) is 0.0651. The number of fused-ring (bicyclic) bond motifs is 1. The van der Waals surface area contributed by atoms with Crippen LogP contribution in [0.5, 0.6) is 0 Å². The highest BCUT2D eigenvalue weighted by Gasteiger charge is 2.23. The summed E-state index contributed by atoms with van der Waals surface area (Å²) < 4.78 is 12.8. The molecule has 0 saturated heterocycles. The number of nitrogens with two attached hydrogens (primary N) is 1. The molecular formula is C12H17N6O4P. The number of aromatic nitrogens is 4. The van der Waals surface area contributed by atoms with Gasteiger partial charge in [0, 0.05) is 12.5 Å². The van der Waals surface area contributed by atoms with Crippen LogP contribution in [-0.2, 0) is 4.57 Å². The number of aliphatic hydroxyl groups excluding tert-OH is 1. The molecule has 0 saturated carbocycles. The number of aliphatic hydroxyl groups is 1. The summed E-state index contributed by atoms with van der Waals surface area (Å²) in [5.74, 6) is 0.243. The van der Waals surface area contributed by atoms with Crippen molar-refractivity contribution in [1.29, 1.82) is 0 Å². The van der Waals surface area contributed by atoms with E-state index in [1.54, 1.807) is 6.33 Å². The Morgan fingerprint density at radius 2 is 2.17 bits per heavy atom. The molecule has 2 aromatic rings. The molecule has 23 heavy (non-hydrogen) atoms. The lowest BCUT2D eigenvalue weighted by molar-refractivity contribution is 0.244. The van der Waals surface area contributed by atoms with E-state index >= 15 is 0 Å². The van der Waals surface area contributed by atoms with Gasteiger partial charge in [0.05, 0.1) is 12.4 Å². The number of hydrogen-bond donors (Lipinski definition) is 5. The number of nitrogens with zero attached hydrogens (tertiary/aromatic N) is 4. The van der Waals surface area contributed by atoms with Gasteiger partial charge < -0.3 is 30.5 Å². The number of nitrogens with one attached hydrogen (secondary N) is 1. The third-order valence-corrected chi connectivity index (χ3v) is 4.20. The lowest BCUT2D eigenvalue weighted by Crippen LogP contribution is -2.10. The molecule has 2 heterocycles. The molecule has 0 bridgehead atoms. The number of rotatable bonds is 5.